The number of ether oxygens (including phenoxy) is 3. The molecule has 7 nitrogen and oxygen atoms in total. The normalized spacial score (nSPS) is 29.5. The molecule has 7 heteroatoms. The Morgan fingerprint density at radius 3 is 2.06 bits per heavy atom. The monoisotopic (exact) mass is 235 g/mol. The molecule has 16 heavy (non-hydrogen) atoms. The average molecular weight is 235 g/mol. The van der Waals surface area contributed by atoms with E-state index in [4.69, 9.17) is 19.0 Å². The van der Waals surface area contributed by atoms with Gasteiger partial charge in [0.25, 0.3) is 5.72 Å². The highest BCUT2D eigenvalue weighted by molar-refractivity contribution is 5.79. The van der Waals surface area contributed by atoms with Crippen LogP contribution in [0.25, 0.3) is 0 Å². The van der Waals surface area contributed by atoms with E-state index in [0.29, 0.717) is 13.0 Å². The quantitative estimate of drug-likeness (QED) is 0.654. The Morgan fingerprint density at radius 2 is 1.75 bits per heavy atom. The number of hydrogen-bond acceptors (Lipinski definition) is 6. The van der Waals surface area contributed by atoms with Crippen LogP contribution < -0.4 is 0 Å². The minimum absolute atomic E-state index is 0.327. The second-order valence-corrected chi connectivity index (χ2v) is 3.35. The minimum atomic E-state index is -1.80. The van der Waals surface area contributed by atoms with Gasteiger partial charge in [0.1, 0.15) is 0 Å². The maximum atomic E-state index is 11.5. The second-order valence-electron chi connectivity index (χ2n) is 3.35. The van der Waals surface area contributed by atoms with Crippen molar-refractivity contribution in [3.05, 3.63) is 0 Å². The van der Waals surface area contributed by atoms with Gasteiger partial charge in [-0.15, -0.1) is 5.06 Å². The lowest BCUT2D eigenvalue weighted by Gasteiger charge is -2.41. The van der Waals surface area contributed by atoms with E-state index in [1.54, 1.807) is 0 Å². The largest absolute Gasteiger partial charge is 0.478 e. The van der Waals surface area contributed by atoms with E-state index in [-0.39, 0.29) is 0 Å². The fourth-order valence-electron chi connectivity index (χ4n) is 2.16. The zero-order chi connectivity index (χ0) is 12.4. The molecular formula is C9H17NO6. The van der Waals surface area contributed by atoms with E-state index in [1.165, 1.54) is 33.5 Å². The average Bonchev–Trinajstić information content (AvgIpc) is 2.63. The predicted octanol–water partition coefficient (Wildman–Crippen LogP) is -0.330. The Balaban J connectivity index is 3.25. The maximum absolute atomic E-state index is 11.5. The molecule has 1 saturated heterocycles. The van der Waals surface area contributed by atoms with Gasteiger partial charge >= 0.3 is 5.97 Å². The number of hydroxylamine groups is 2. The van der Waals surface area contributed by atoms with Gasteiger partial charge in [0.2, 0.25) is 5.79 Å². The Hall–Kier alpha value is -0.730. The standard InChI is InChI=1S/C9H17NO6/c1-13-8(14-2)5-6-10(16-4)9(8,15-3)7(11)12/h5-6H2,1-4H3,(H,11,12). The van der Waals surface area contributed by atoms with Crippen LogP contribution in [0.1, 0.15) is 6.42 Å². The lowest BCUT2D eigenvalue weighted by Crippen LogP contribution is -2.65. The molecule has 94 valence electrons. The number of hydrogen-bond donors (Lipinski definition) is 1. The molecule has 1 unspecified atom stereocenters. The van der Waals surface area contributed by atoms with Crippen LogP contribution in [0.5, 0.6) is 0 Å². The molecule has 1 aliphatic rings. The van der Waals surface area contributed by atoms with E-state index >= 15 is 0 Å². The molecule has 0 aliphatic carbocycles. The lowest BCUT2D eigenvalue weighted by atomic mass is 10.0. The fourth-order valence-corrected chi connectivity index (χ4v) is 2.16. The zero-order valence-electron chi connectivity index (χ0n) is 9.85. The molecule has 1 atom stereocenters. The molecule has 0 radical (unpaired) electrons. The van der Waals surface area contributed by atoms with Gasteiger partial charge in [-0.3, -0.25) is 4.84 Å². The van der Waals surface area contributed by atoms with E-state index in [9.17, 15) is 9.90 Å². The molecule has 0 aromatic carbocycles. The van der Waals surface area contributed by atoms with Crippen molar-refractivity contribution in [1.82, 2.24) is 5.06 Å². The number of carboxylic acids is 1. The molecule has 1 heterocycles. The molecule has 0 aromatic rings. The molecule has 0 amide bonds. The zero-order valence-corrected chi connectivity index (χ0v) is 9.85. The Bertz CT molecular complexity index is 267. The minimum Gasteiger partial charge on any atom is -0.478 e. The van der Waals surface area contributed by atoms with Crippen molar-refractivity contribution < 1.29 is 28.9 Å². The van der Waals surface area contributed by atoms with Crippen LogP contribution in [0, 0.1) is 0 Å². The number of carbonyl (C=O) groups is 1. The molecule has 1 aliphatic heterocycles. The first-order valence-corrected chi connectivity index (χ1v) is 4.75. The van der Waals surface area contributed by atoms with Crippen molar-refractivity contribution >= 4 is 5.97 Å². The second kappa shape index (κ2) is 4.64. The third-order valence-electron chi connectivity index (χ3n) is 2.98. The summed E-state index contributed by atoms with van der Waals surface area (Å²) in [6.07, 6.45) is 0.327. The Morgan fingerprint density at radius 1 is 1.19 bits per heavy atom. The van der Waals surface area contributed by atoms with Crippen molar-refractivity contribution in [2.24, 2.45) is 0 Å². The number of nitrogens with zero attached hydrogens (tertiary/aromatic N) is 1. The molecule has 0 bridgehead atoms. The van der Waals surface area contributed by atoms with Crippen LogP contribution in [0.4, 0.5) is 0 Å². The topological polar surface area (TPSA) is 77.5 Å². The first-order valence-electron chi connectivity index (χ1n) is 4.75. The summed E-state index contributed by atoms with van der Waals surface area (Å²) < 4.78 is 15.5. The van der Waals surface area contributed by atoms with Gasteiger partial charge < -0.3 is 19.3 Å². The molecule has 1 rings (SSSR count). The highest BCUT2D eigenvalue weighted by Gasteiger charge is 2.68. The smallest absolute Gasteiger partial charge is 0.359 e. The van der Waals surface area contributed by atoms with Crippen LogP contribution in [-0.2, 0) is 23.8 Å². The first kappa shape index (κ1) is 13.3. The molecule has 1 N–H and O–H groups in total. The van der Waals surface area contributed by atoms with Gasteiger partial charge in [-0.25, -0.2) is 4.79 Å². The van der Waals surface area contributed by atoms with Crippen molar-refractivity contribution in [2.75, 3.05) is 35.0 Å². The summed E-state index contributed by atoms with van der Waals surface area (Å²) in [7, 11) is 5.40. The number of rotatable bonds is 5. The third-order valence-corrected chi connectivity index (χ3v) is 2.98. The van der Waals surface area contributed by atoms with Crippen LogP contribution >= 0.6 is 0 Å². The van der Waals surface area contributed by atoms with Crippen molar-refractivity contribution in [1.29, 1.82) is 0 Å². The van der Waals surface area contributed by atoms with Gasteiger partial charge in [0.15, 0.2) is 0 Å². The SMILES string of the molecule is CON1CCC(OC)(OC)C1(OC)C(=O)O. The van der Waals surface area contributed by atoms with E-state index in [1.807, 2.05) is 0 Å². The number of aliphatic carboxylic acids is 1. The van der Waals surface area contributed by atoms with Crippen LogP contribution in [-0.4, -0.2) is 62.6 Å². The van der Waals surface area contributed by atoms with E-state index in [0.717, 1.165) is 0 Å². The Labute approximate surface area is 93.8 Å². The maximum Gasteiger partial charge on any atom is 0.359 e. The van der Waals surface area contributed by atoms with Crippen molar-refractivity contribution in [3.8, 4) is 0 Å². The summed E-state index contributed by atoms with van der Waals surface area (Å²) in [5.74, 6) is -2.61. The van der Waals surface area contributed by atoms with Gasteiger partial charge in [-0.05, 0) is 0 Å². The summed E-state index contributed by atoms with van der Waals surface area (Å²) in [6.45, 7) is 0.332. The summed E-state index contributed by atoms with van der Waals surface area (Å²) in [5, 5.41) is 10.6. The van der Waals surface area contributed by atoms with Gasteiger partial charge in [0, 0.05) is 34.3 Å². The number of carboxylic acid groups (broad SMARTS) is 1. The summed E-state index contributed by atoms with van der Waals surface area (Å²) in [6, 6.07) is 0. The van der Waals surface area contributed by atoms with Gasteiger partial charge in [-0.2, -0.15) is 0 Å². The first-order chi connectivity index (χ1) is 7.54. The van der Waals surface area contributed by atoms with Gasteiger partial charge in [-0.1, -0.05) is 0 Å². The summed E-state index contributed by atoms with van der Waals surface area (Å²) in [5.41, 5.74) is -1.80. The summed E-state index contributed by atoms with van der Waals surface area (Å²) in [4.78, 5) is 16.5. The predicted molar refractivity (Wildman–Crippen MR) is 52.5 cm³/mol. The summed E-state index contributed by atoms with van der Waals surface area (Å²) >= 11 is 0. The van der Waals surface area contributed by atoms with Gasteiger partial charge in [0.05, 0.1) is 7.11 Å². The molecule has 0 spiro atoms. The van der Waals surface area contributed by atoms with E-state index in [2.05, 4.69) is 0 Å². The lowest BCUT2D eigenvalue weighted by molar-refractivity contribution is -0.360. The fraction of sp³-hybridized carbons (Fsp3) is 0.889. The molecule has 0 saturated carbocycles. The van der Waals surface area contributed by atoms with Crippen LogP contribution in [0.15, 0.2) is 0 Å². The number of methoxy groups -OCH3 is 3. The highest BCUT2D eigenvalue weighted by atomic mass is 16.8. The highest BCUT2D eigenvalue weighted by Crippen LogP contribution is 2.42. The van der Waals surface area contributed by atoms with Crippen LogP contribution in [0.3, 0.4) is 0 Å². The third kappa shape index (κ3) is 1.44. The molecule has 0 aromatic heterocycles. The molecule has 1 fully saturated rings. The molecular weight excluding hydrogens is 218 g/mol. The Kier molecular flexibility index (Phi) is 3.87. The van der Waals surface area contributed by atoms with Crippen molar-refractivity contribution in [2.45, 2.75) is 17.9 Å². The van der Waals surface area contributed by atoms with Crippen LogP contribution in [0.2, 0.25) is 0 Å². The van der Waals surface area contributed by atoms with Crippen molar-refractivity contribution in [3.63, 3.8) is 0 Å². The van der Waals surface area contributed by atoms with E-state index < -0.39 is 17.5 Å².